The Morgan fingerprint density at radius 3 is 2.90 bits per heavy atom. The molecule has 0 aromatic carbocycles. The summed E-state index contributed by atoms with van der Waals surface area (Å²) in [4.78, 5) is 1.95. The van der Waals surface area contributed by atoms with Gasteiger partial charge in [0.1, 0.15) is 0 Å². The highest BCUT2D eigenvalue weighted by Crippen LogP contribution is 2.17. The van der Waals surface area contributed by atoms with Crippen molar-refractivity contribution in [2.75, 3.05) is 13.1 Å². The molecule has 0 saturated carbocycles. The summed E-state index contributed by atoms with van der Waals surface area (Å²) in [5.74, 6) is 0. The Kier molecular flexibility index (Phi) is 3.13. The maximum Gasteiger partial charge on any atom is 0.153 e. The molecule has 0 amide bonds. The molecule has 1 fully saturated rings. The predicted octanol–water partition coefficient (Wildman–Crippen LogP) is 2.18. The van der Waals surface area contributed by atoms with Crippen molar-refractivity contribution in [1.29, 1.82) is 0 Å². The first-order valence-corrected chi connectivity index (χ1v) is 4.22. The van der Waals surface area contributed by atoms with Crippen LogP contribution in [0.3, 0.4) is 0 Å². The van der Waals surface area contributed by atoms with Gasteiger partial charge in [-0.25, -0.2) is 4.39 Å². The Labute approximate surface area is 62.2 Å². The third-order valence-electron chi connectivity index (χ3n) is 2.04. The van der Waals surface area contributed by atoms with Gasteiger partial charge in [-0.1, -0.05) is 6.92 Å². The Hall–Kier alpha value is -0.110. The zero-order chi connectivity index (χ0) is 7.40. The first-order chi connectivity index (χ1) is 4.84. The second-order valence-electron chi connectivity index (χ2n) is 2.97. The zero-order valence-electron chi connectivity index (χ0n) is 6.65. The van der Waals surface area contributed by atoms with E-state index >= 15 is 0 Å². The largest absolute Gasteiger partial charge is 0.274 e. The molecule has 2 heteroatoms. The molecule has 1 nitrogen and oxygen atoms in total. The molecule has 60 valence electrons. The van der Waals surface area contributed by atoms with Crippen LogP contribution in [0.1, 0.15) is 32.6 Å². The van der Waals surface area contributed by atoms with E-state index in [2.05, 4.69) is 6.92 Å². The van der Waals surface area contributed by atoms with Crippen molar-refractivity contribution in [2.24, 2.45) is 0 Å². The van der Waals surface area contributed by atoms with Crippen molar-refractivity contribution in [2.45, 2.75) is 38.9 Å². The second kappa shape index (κ2) is 3.91. The van der Waals surface area contributed by atoms with Gasteiger partial charge in [-0.2, -0.15) is 0 Å². The lowest BCUT2D eigenvalue weighted by Gasteiger charge is -2.29. The van der Waals surface area contributed by atoms with Gasteiger partial charge in [0.05, 0.1) is 0 Å². The first-order valence-electron chi connectivity index (χ1n) is 4.22. The summed E-state index contributed by atoms with van der Waals surface area (Å²) in [6.45, 7) is 4.00. The van der Waals surface area contributed by atoms with E-state index in [9.17, 15) is 4.39 Å². The van der Waals surface area contributed by atoms with Crippen molar-refractivity contribution >= 4 is 0 Å². The molecule has 1 aliphatic heterocycles. The average Bonchev–Trinajstić information content (AvgIpc) is 1.94. The number of halogens is 1. The third kappa shape index (κ3) is 1.94. The van der Waals surface area contributed by atoms with Gasteiger partial charge in [0.15, 0.2) is 6.30 Å². The standard InChI is InChI=1S/C8H16FN/c1-2-6-10-7-4-3-5-8(10)9/h8H,2-7H2,1H3. The highest BCUT2D eigenvalue weighted by Gasteiger charge is 2.19. The maximum absolute atomic E-state index is 13.0. The molecular weight excluding hydrogens is 129 g/mol. The summed E-state index contributed by atoms with van der Waals surface area (Å²) in [7, 11) is 0. The van der Waals surface area contributed by atoms with Gasteiger partial charge in [0.25, 0.3) is 0 Å². The van der Waals surface area contributed by atoms with Crippen molar-refractivity contribution in [3.8, 4) is 0 Å². The maximum atomic E-state index is 13.0. The topological polar surface area (TPSA) is 3.24 Å². The summed E-state index contributed by atoms with van der Waals surface area (Å²) in [5.41, 5.74) is 0. The minimum atomic E-state index is -0.645. The molecule has 1 rings (SSSR count). The van der Waals surface area contributed by atoms with E-state index in [0.717, 1.165) is 32.4 Å². The molecule has 1 aliphatic rings. The lowest BCUT2D eigenvalue weighted by molar-refractivity contribution is 0.0469. The quantitative estimate of drug-likeness (QED) is 0.538. The average molecular weight is 145 g/mol. The van der Waals surface area contributed by atoms with Crippen LogP contribution < -0.4 is 0 Å². The van der Waals surface area contributed by atoms with Crippen LogP contribution in [-0.2, 0) is 0 Å². The van der Waals surface area contributed by atoms with Crippen LogP contribution in [-0.4, -0.2) is 24.3 Å². The van der Waals surface area contributed by atoms with Crippen LogP contribution >= 0.6 is 0 Å². The normalized spacial score (nSPS) is 28.8. The number of rotatable bonds is 2. The highest BCUT2D eigenvalue weighted by atomic mass is 19.1. The summed E-state index contributed by atoms with van der Waals surface area (Å²) >= 11 is 0. The highest BCUT2D eigenvalue weighted by molar-refractivity contribution is 4.67. The molecule has 1 saturated heterocycles. The Morgan fingerprint density at radius 1 is 1.50 bits per heavy atom. The Bertz CT molecular complexity index is 93.3. The van der Waals surface area contributed by atoms with Gasteiger partial charge in [0, 0.05) is 13.1 Å². The number of hydrogen-bond acceptors (Lipinski definition) is 1. The van der Waals surface area contributed by atoms with Gasteiger partial charge < -0.3 is 0 Å². The SMILES string of the molecule is CCCN1CCCCC1F. The van der Waals surface area contributed by atoms with E-state index < -0.39 is 6.30 Å². The number of alkyl halides is 1. The summed E-state index contributed by atoms with van der Waals surface area (Å²) in [6, 6.07) is 0. The molecule has 0 aromatic rings. The van der Waals surface area contributed by atoms with Crippen LogP contribution in [0.25, 0.3) is 0 Å². The summed E-state index contributed by atoms with van der Waals surface area (Å²) in [5, 5.41) is 0. The van der Waals surface area contributed by atoms with Gasteiger partial charge in [-0.15, -0.1) is 0 Å². The van der Waals surface area contributed by atoms with Crippen LogP contribution in [0.4, 0.5) is 4.39 Å². The number of piperidine rings is 1. The van der Waals surface area contributed by atoms with E-state index in [1.165, 1.54) is 6.42 Å². The van der Waals surface area contributed by atoms with E-state index in [1.54, 1.807) is 0 Å². The number of likely N-dealkylation sites (tertiary alicyclic amines) is 1. The fourth-order valence-electron chi connectivity index (χ4n) is 1.49. The monoisotopic (exact) mass is 145 g/mol. The first kappa shape index (κ1) is 7.99. The Balaban J connectivity index is 2.25. The molecule has 10 heavy (non-hydrogen) atoms. The molecule has 1 atom stereocenters. The molecule has 1 unspecified atom stereocenters. The summed E-state index contributed by atoms with van der Waals surface area (Å²) in [6.07, 6.45) is 3.43. The van der Waals surface area contributed by atoms with Crippen LogP contribution in [0.5, 0.6) is 0 Å². The van der Waals surface area contributed by atoms with E-state index in [1.807, 2.05) is 4.90 Å². The molecule has 1 heterocycles. The molecule has 0 radical (unpaired) electrons. The van der Waals surface area contributed by atoms with Crippen LogP contribution in [0.15, 0.2) is 0 Å². The number of nitrogens with zero attached hydrogens (tertiary/aromatic N) is 1. The molecule has 0 aliphatic carbocycles. The van der Waals surface area contributed by atoms with Gasteiger partial charge in [-0.05, 0) is 25.7 Å². The smallest absolute Gasteiger partial charge is 0.153 e. The minimum absolute atomic E-state index is 0.645. The Morgan fingerprint density at radius 2 is 2.30 bits per heavy atom. The second-order valence-corrected chi connectivity index (χ2v) is 2.97. The fourth-order valence-corrected chi connectivity index (χ4v) is 1.49. The predicted molar refractivity (Wildman–Crippen MR) is 40.6 cm³/mol. The van der Waals surface area contributed by atoms with Crippen molar-refractivity contribution in [1.82, 2.24) is 4.90 Å². The van der Waals surface area contributed by atoms with E-state index in [-0.39, 0.29) is 0 Å². The number of hydrogen-bond donors (Lipinski definition) is 0. The fraction of sp³-hybridized carbons (Fsp3) is 1.00. The van der Waals surface area contributed by atoms with Crippen molar-refractivity contribution in [3.63, 3.8) is 0 Å². The zero-order valence-corrected chi connectivity index (χ0v) is 6.65. The molecule has 0 spiro atoms. The summed E-state index contributed by atoms with van der Waals surface area (Å²) < 4.78 is 13.0. The lowest BCUT2D eigenvalue weighted by atomic mass is 10.1. The van der Waals surface area contributed by atoms with E-state index in [4.69, 9.17) is 0 Å². The van der Waals surface area contributed by atoms with Crippen LogP contribution in [0, 0.1) is 0 Å². The van der Waals surface area contributed by atoms with Gasteiger partial charge in [-0.3, -0.25) is 4.90 Å². The molecule has 0 bridgehead atoms. The lowest BCUT2D eigenvalue weighted by Crippen LogP contribution is -2.36. The van der Waals surface area contributed by atoms with Crippen LogP contribution in [0.2, 0.25) is 0 Å². The van der Waals surface area contributed by atoms with E-state index in [0.29, 0.717) is 0 Å². The van der Waals surface area contributed by atoms with Gasteiger partial charge in [0.2, 0.25) is 0 Å². The minimum Gasteiger partial charge on any atom is -0.274 e. The molecular formula is C8H16FN. The van der Waals surface area contributed by atoms with Gasteiger partial charge >= 0.3 is 0 Å². The molecule has 0 N–H and O–H groups in total. The third-order valence-corrected chi connectivity index (χ3v) is 2.04. The molecule has 0 aromatic heterocycles. The van der Waals surface area contributed by atoms with Crippen molar-refractivity contribution < 1.29 is 4.39 Å². The van der Waals surface area contributed by atoms with Crippen molar-refractivity contribution in [3.05, 3.63) is 0 Å².